The summed E-state index contributed by atoms with van der Waals surface area (Å²) in [5, 5.41) is 0. The first-order valence-electron chi connectivity index (χ1n) is 10.5. The molecule has 0 bridgehead atoms. The third kappa shape index (κ3) is 3.56. The van der Waals surface area contributed by atoms with E-state index >= 15 is 0 Å². The molecule has 2 heterocycles. The smallest absolute Gasteiger partial charge is 0.337 e. The van der Waals surface area contributed by atoms with E-state index in [4.69, 9.17) is 4.74 Å². The van der Waals surface area contributed by atoms with E-state index in [9.17, 15) is 9.59 Å². The van der Waals surface area contributed by atoms with Crippen LogP contribution in [0.2, 0.25) is 0 Å². The third-order valence-corrected chi connectivity index (χ3v) is 5.82. The van der Waals surface area contributed by atoms with Crippen LogP contribution >= 0.6 is 0 Å². The molecule has 7 nitrogen and oxygen atoms in total. The van der Waals surface area contributed by atoms with Gasteiger partial charge in [0.1, 0.15) is 5.75 Å². The van der Waals surface area contributed by atoms with Crippen molar-refractivity contribution in [2.75, 3.05) is 7.11 Å². The second-order valence-electron chi connectivity index (χ2n) is 8.21. The zero-order chi connectivity index (χ0) is 21.5. The first-order chi connectivity index (χ1) is 15.0. The van der Waals surface area contributed by atoms with E-state index in [1.54, 1.807) is 19.5 Å². The quantitative estimate of drug-likeness (QED) is 0.484. The zero-order valence-electron chi connectivity index (χ0n) is 17.6. The number of ether oxygens (including phenoxy) is 1. The normalized spacial score (nSPS) is 13.6. The fraction of sp³-hybridized carbons (Fsp3) is 0.292. The number of fused-ring (bicyclic) bond motifs is 1. The first kappa shape index (κ1) is 19.4. The fourth-order valence-corrected chi connectivity index (χ4v) is 3.89. The molecule has 0 N–H and O–H groups in total. The highest BCUT2D eigenvalue weighted by Gasteiger charge is 2.26. The van der Waals surface area contributed by atoms with Crippen LogP contribution in [-0.2, 0) is 13.1 Å². The topological polar surface area (TPSA) is 71.1 Å². The summed E-state index contributed by atoms with van der Waals surface area (Å²) in [5.41, 5.74) is 3.02. The van der Waals surface area contributed by atoms with E-state index in [-0.39, 0.29) is 11.2 Å². The molecule has 1 fully saturated rings. The Kier molecular flexibility index (Phi) is 4.73. The van der Waals surface area contributed by atoms with Crippen molar-refractivity contribution in [2.45, 2.75) is 32.9 Å². The van der Waals surface area contributed by atoms with Crippen LogP contribution < -0.4 is 16.0 Å². The lowest BCUT2D eigenvalue weighted by atomic mass is 10.1. The zero-order valence-corrected chi connectivity index (χ0v) is 17.6. The molecule has 1 saturated carbocycles. The Balaban J connectivity index is 1.73. The Morgan fingerprint density at radius 3 is 2.58 bits per heavy atom. The van der Waals surface area contributed by atoms with E-state index in [0.717, 1.165) is 18.4 Å². The van der Waals surface area contributed by atoms with Crippen molar-refractivity contribution in [3.8, 4) is 11.4 Å². The molecule has 0 unspecified atom stereocenters. The van der Waals surface area contributed by atoms with E-state index in [1.165, 1.54) is 14.7 Å². The van der Waals surface area contributed by atoms with Crippen LogP contribution in [-0.4, -0.2) is 25.8 Å². The molecular weight excluding hydrogens is 392 g/mol. The minimum absolute atomic E-state index is 0.282. The van der Waals surface area contributed by atoms with Gasteiger partial charge in [0.15, 0.2) is 11.2 Å². The molecule has 0 radical (unpaired) electrons. The molecule has 1 aliphatic rings. The summed E-state index contributed by atoms with van der Waals surface area (Å²) in [4.78, 5) is 31.3. The number of hydrogen-bond acceptors (Lipinski definition) is 4. The van der Waals surface area contributed by atoms with Gasteiger partial charge >= 0.3 is 5.69 Å². The number of aryl methyl sites for hydroxylation is 1. The molecule has 5 rings (SSSR count). The predicted octanol–water partition coefficient (Wildman–Crippen LogP) is 3.12. The third-order valence-electron chi connectivity index (χ3n) is 5.82. The van der Waals surface area contributed by atoms with Gasteiger partial charge in [-0.25, -0.2) is 14.3 Å². The molecule has 31 heavy (non-hydrogen) atoms. The van der Waals surface area contributed by atoms with Crippen molar-refractivity contribution in [1.29, 1.82) is 0 Å². The summed E-state index contributed by atoms with van der Waals surface area (Å²) in [6, 6.07) is 15.4. The molecule has 2 aromatic carbocycles. The fourth-order valence-electron chi connectivity index (χ4n) is 3.89. The van der Waals surface area contributed by atoms with Gasteiger partial charge in [0.05, 0.1) is 19.1 Å². The number of methoxy groups -OCH3 is 1. The molecule has 158 valence electrons. The number of aromatic nitrogens is 4. The molecule has 0 amide bonds. The highest BCUT2D eigenvalue weighted by Crippen LogP contribution is 2.30. The molecule has 0 spiro atoms. The van der Waals surface area contributed by atoms with Gasteiger partial charge in [0.25, 0.3) is 5.56 Å². The molecule has 7 heteroatoms. The first-order valence-corrected chi connectivity index (χ1v) is 10.5. The number of hydrogen-bond donors (Lipinski definition) is 0. The average Bonchev–Trinajstić information content (AvgIpc) is 3.51. The highest BCUT2D eigenvalue weighted by molar-refractivity contribution is 5.72. The lowest BCUT2D eigenvalue weighted by molar-refractivity contribution is 0.414. The number of nitrogens with zero attached hydrogens (tertiary/aromatic N) is 4. The summed E-state index contributed by atoms with van der Waals surface area (Å²) < 4.78 is 10.1. The standard InChI is InChI=1S/C24H24N4O3/c1-16-6-8-17(9-7-16)13-26-15-25-22-21(26)23(29)27(14-18-10-11-18)24(30)28(22)19-4-3-5-20(12-19)31-2/h3-9,12,15,18H,10-11,13-14H2,1-2H3. The molecular formula is C24H24N4O3. The maximum absolute atomic E-state index is 13.4. The van der Waals surface area contributed by atoms with Crippen LogP contribution in [0.1, 0.15) is 24.0 Å². The van der Waals surface area contributed by atoms with Gasteiger partial charge in [0, 0.05) is 19.2 Å². The SMILES string of the molecule is COc1cccc(-n2c(=O)n(CC3CC3)c(=O)c3c2ncn3Cc2ccc(C)cc2)c1. The lowest BCUT2D eigenvalue weighted by Gasteiger charge is -2.13. The molecule has 0 aliphatic heterocycles. The summed E-state index contributed by atoms with van der Waals surface area (Å²) in [6.45, 7) is 2.98. The van der Waals surface area contributed by atoms with E-state index in [2.05, 4.69) is 4.98 Å². The molecule has 0 atom stereocenters. The minimum atomic E-state index is -0.363. The number of imidazole rings is 1. The minimum Gasteiger partial charge on any atom is -0.497 e. The summed E-state index contributed by atoms with van der Waals surface area (Å²) in [7, 11) is 1.59. The molecule has 4 aromatic rings. The Morgan fingerprint density at radius 2 is 1.87 bits per heavy atom. The Morgan fingerprint density at radius 1 is 1.10 bits per heavy atom. The largest absolute Gasteiger partial charge is 0.497 e. The maximum atomic E-state index is 13.4. The predicted molar refractivity (Wildman–Crippen MR) is 119 cm³/mol. The second-order valence-corrected chi connectivity index (χ2v) is 8.21. The molecule has 1 aliphatic carbocycles. The van der Waals surface area contributed by atoms with E-state index < -0.39 is 0 Å². The van der Waals surface area contributed by atoms with Gasteiger partial charge in [-0.2, -0.15) is 0 Å². The van der Waals surface area contributed by atoms with Crippen LogP contribution in [0.4, 0.5) is 0 Å². The molecule has 0 saturated heterocycles. The Bertz CT molecular complexity index is 1370. The maximum Gasteiger partial charge on any atom is 0.337 e. The van der Waals surface area contributed by atoms with Crippen molar-refractivity contribution in [2.24, 2.45) is 5.92 Å². The second kappa shape index (κ2) is 7.58. The summed E-state index contributed by atoms with van der Waals surface area (Å²) in [6.07, 6.45) is 3.74. The van der Waals surface area contributed by atoms with Crippen molar-refractivity contribution in [3.05, 3.63) is 86.8 Å². The summed E-state index contributed by atoms with van der Waals surface area (Å²) in [5.74, 6) is 1.02. The van der Waals surface area contributed by atoms with Crippen LogP contribution in [0.5, 0.6) is 5.75 Å². The van der Waals surface area contributed by atoms with Gasteiger partial charge in [-0.15, -0.1) is 0 Å². The van der Waals surface area contributed by atoms with Crippen LogP contribution in [0.15, 0.2) is 64.4 Å². The lowest BCUT2D eigenvalue weighted by Crippen LogP contribution is -2.40. The number of rotatable bonds is 6. The van der Waals surface area contributed by atoms with Crippen molar-refractivity contribution in [1.82, 2.24) is 18.7 Å². The van der Waals surface area contributed by atoms with Gasteiger partial charge in [-0.05, 0) is 43.4 Å². The van der Waals surface area contributed by atoms with Crippen LogP contribution in [0.25, 0.3) is 16.9 Å². The van der Waals surface area contributed by atoms with Crippen molar-refractivity contribution < 1.29 is 4.74 Å². The summed E-state index contributed by atoms with van der Waals surface area (Å²) >= 11 is 0. The van der Waals surface area contributed by atoms with Gasteiger partial charge in [-0.1, -0.05) is 35.9 Å². The monoisotopic (exact) mass is 416 g/mol. The van der Waals surface area contributed by atoms with Crippen LogP contribution in [0, 0.1) is 12.8 Å². The Labute approximate surface area is 179 Å². The van der Waals surface area contributed by atoms with Crippen molar-refractivity contribution >= 4 is 11.2 Å². The van der Waals surface area contributed by atoms with Gasteiger partial charge in [-0.3, -0.25) is 9.36 Å². The number of benzene rings is 2. The van der Waals surface area contributed by atoms with E-state index in [1.807, 2.05) is 54.0 Å². The Hall–Kier alpha value is -3.61. The van der Waals surface area contributed by atoms with Gasteiger partial charge < -0.3 is 9.30 Å². The average molecular weight is 416 g/mol. The molecule has 2 aromatic heterocycles. The van der Waals surface area contributed by atoms with Crippen LogP contribution in [0.3, 0.4) is 0 Å². The van der Waals surface area contributed by atoms with E-state index in [0.29, 0.717) is 41.6 Å². The highest BCUT2D eigenvalue weighted by atomic mass is 16.5. The van der Waals surface area contributed by atoms with Gasteiger partial charge in [0.2, 0.25) is 0 Å². The van der Waals surface area contributed by atoms with Crippen molar-refractivity contribution in [3.63, 3.8) is 0 Å².